The number of hydrogen-bond acceptors (Lipinski definition) is 6. The van der Waals surface area contributed by atoms with Gasteiger partial charge in [-0.25, -0.2) is 10.3 Å². The van der Waals surface area contributed by atoms with Gasteiger partial charge in [-0.1, -0.05) is 12.1 Å². The lowest BCUT2D eigenvalue weighted by atomic mass is 10.2. The third kappa shape index (κ3) is 8.26. The van der Waals surface area contributed by atoms with Crippen LogP contribution >= 0.6 is 0 Å². The Morgan fingerprint density at radius 1 is 1.00 bits per heavy atom. The summed E-state index contributed by atoms with van der Waals surface area (Å²) >= 11 is 0. The maximum Gasteiger partial charge on any atom is 0.315 e. The fourth-order valence-electron chi connectivity index (χ4n) is 2.30. The number of non-ortho nitro benzene ring substituents is 1. The van der Waals surface area contributed by atoms with Gasteiger partial charge in [0.2, 0.25) is 5.91 Å². The monoisotopic (exact) mass is 401 g/mol. The van der Waals surface area contributed by atoms with Crippen LogP contribution in [0, 0.1) is 10.1 Å². The largest absolute Gasteiger partial charge is 0.399 e. The zero-order chi connectivity index (χ0) is 21.1. The molecule has 0 saturated carbocycles. The summed E-state index contributed by atoms with van der Waals surface area (Å²) in [6, 6.07) is 12.7. The Morgan fingerprint density at radius 2 is 1.66 bits per heavy atom. The molecule has 10 heteroatoms. The van der Waals surface area contributed by atoms with Crippen LogP contribution in [0.1, 0.15) is 24.0 Å². The molecule has 0 radical (unpaired) electrons. The number of hydroxylamine groups is 1. The highest BCUT2D eigenvalue weighted by molar-refractivity contribution is 5.75. The standard InChI is InChI=1S/C19H23N5O5/c20-16-7-3-14(4-8-16)12-22-19(26)21-11-1-2-18(25)23-29-13-15-5-9-17(10-6-15)24(27)28/h3-10H,1-2,11-13,20H2,(H,23,25)(H2,21,22,26). The second-order valence-corrected chi connectivity index (χ2v) is 6.19. The van der Waals surface area contributed by atoms with Crippen LogP contribution in [0.25, 0.3) is 0 Å². The quantitative estimate of drug-likeness (QED) is 0.207. The summed E-state index contributed by atoms with van der Waals surface area (Å²) in [5.41, 5.74) is 10.2. The molecule has 0 aromatic heterocycles. The number of carbonyl (C=O) groups is 2. The van der Waals surface area contributed by atoms with Crippen molar-refractivity contribution in [1.29, 1.82) is 0 Å². The van der Waals surface area contributed by atoms with E-state index in [4.69, 9.17) is 10.6 Å². The van der Waals surface area contributed by atoms with Crippen LogP contribution in [0.15, 0.2) is 48.5 Å². The summed E-state index contributed by atoms with van der Waals surface area (Å²) in [6.45, 7) is 0.807. The molecule has 29 heavy (non-hydrogen) atoms. The second-order valence-electron chi connectivity index (χ2n) is 6.19. The van der Waals surface area contributed by atoms with E-state index in [2.05, 4.69) is 16.1 Å². The molecule has 0 aliphatic heterocycles. The van der Waals surface area contributed by atoms with Crippen LogP contribution in [-0.2, 0) is 22.8 Å². The van der Waals surface area contributed by atoms with Crippen molar-refractivity contribution in [1.82, 2.24) is 16.1 Å². The lowest BCUT2D eigenvalue weighted by Gasteiger charge is -2.08. The van der Waals surface area contributed by atoms with E-state index in [-0.39, 0.29) is 30.7 Å². The number of nitrogens with zero attached hydrogens (tertiary/aromatic N) is 1. The summed E-state index contributed by atoms with van der Waals surface area (Å²) in [6.07, 6.45) is 0.626. The summed E-state index contributed by atoms with van der Waals surface area (Å²) in [5.74, 6) is -0.323. The number of nitrogens with one attached hydrogen (secondary N) is 3. The second kappa shape index (κ2) is 11.2. The number of nitro groups is 1. The van der Waals surface area contributed by atoms with Gasteiger partial charge in [0.15, 0.2) is 0 Å². The predicted molar refractivity (Wildman–Crippen MR) is 106 cm³/mol. The van der Waals surface area contributed by atoms with Crippen molar-refractivity contribution < 1.29 is 19.3 Å². The van der Waals surface area contributed by atoms with E-state index in [1.165, 1.54) is 12.1 Å². The molecule has 0 spiro atoms. The lowest BCUT2D eigenvalue weighted by Crippen LogP contribution is -2.36. The first-order chi connectivity index (χ1) is 13.9. The SMILES string of the molecule is Nc1ccc(CNC(=O)NCCCC(=O)NOCc2ccc([N+](=O)[O-])cc2)cc1. The smallest absolute Gasteiger partial charge is 0.315 e. The van der Waals surface area contributed by atoms with Crippen LogP contribution in [0.5, 0.6) is 0 Å². The highest BCUT2D eigenvalue weighted by Gasteiger charge is 2.06. The third-order valence-electron chi connectivity index (χ3n) is 3.87. The average Bonchev–Trinajstić information content (AvgIpc) is 2.71. The minimum Gasteiger partial charge on any atom is -0.399 e. The van der Waals surface area contributed by atoms with Crippen molar-refractivity contribution in [2.24, 2.45) is 0 Å². The number of hydrogen-bond donors (Lipinski definition) is 4. The van der Waals surface area contributed by atoms with Gasteiger partial charge in [0.05, 0.1) is 11.5 Å². The van der Waals surface area contributed by atoms with Crippen LogP contribution < -0.4 is 21.8 Å². The Morgan fingerprint density at radius 3 is 2.31 bits per heavy atom. The number of nitro benzene ring substituents is 1. The number of anilines is 1. The van der Waals surface area contributed by atoms with Crippen molar-refractivity contribution in [3.05, 3.63) is 69.8 Å². The molecular weight excluding hydrogens is 378 g/mol. The van der Waals surface area contributed by atoms with Gasteiger partial charge in [0.25, 0.3) is 5.69 Å². The third-order valence-corrected chi connectivity index (χ3v) is 3.87. The molecule has 2 aromatic rings. The maximum atomic E-state index is 11.7. The summed E-state index contributed by atoms with van der Waals surface area (Å²) in [4.78, 5) is 38.6. The first-order valence-corrected chi connectivity index (χ1v) is 8.94. The first kappa shape index (κ1) is 21.6. The molecule has 0 saturated heterocycles. The van der Waals surface area contributed by atoms with Gasteiger partial charge in [-0.2, -0.15) is 0 Å². The molecule has 0 aliphatic carbocycles. The molecule has 0 bridgehead atoms. The highest BCUT2D eigenvalue weighted by atomic mass is 16.7. The van der Waals surface area contributed by atoms with Gasteiger partial charge < -0.3 is 16.4 Å². The summed E-state index contributed by atoms with van der Waals surface area (Å²) < 4.78 is 0. The van der Waals surface area contributed by atoms with Gasteiger partial charge >= 0.3 is 6.03 Å². The number of carbonyl (C=O) groups excluding carboxylic acids is 2. The number of nitrogens with two attached hydrogens (primary N) is 1. The highest BCUT2D eigenvalue weighted by Crippen LogP contribution is 2.12. The number of benzene rings is 2. The van der Waals surface area contributed by atoms with Crippen LogP contribution in [0.4, 0.5) is 16.2 Å². The Bertz CT molecular complexity index is 824. The first-order valence-electron chi connectivity index (χ1n) is 8.94. The molecule has 0 heterocycles. The Balaban J connectivity index is 1.53. The number of nitrogen functional groups attached to an aromatic ring is 1. The fraction of sp³-hybridized carbons (Fsp3) is 0.263. The molecule has 2 rings (SSSR count). The molecule has 0 unspecified atom stereocenters. The van der Waals surface area contributed by atoms with E-state index in [1.807, 2.05) is 12.1 Å². The van der Waals surface area contributed by atoms with Crippen molar-refractivity contribution >= 4 is 23.3 Å². The Hall–Kier alpha value is -3.66. The normalized spacial score (nSPS) is 10.2. The predicted octanol–water partition coefficient (Wildman–Crippen LogP) is 2.00. The van der Waals surface area contributed by atoms with E-state index in [1.54, 1.807) is 24.3 Å². The van der Waals surface area contributed by atoms with E-state index in [9.17, 15) is 19.7 Å². The van der Waals surface area contributed by atoms with E-state index >= 15 is 0 Å². The molecule has 0 fully saturated rings. The van der Waals surface area contributed by atoms with E-state index in [0.29, 0.717) is 30.8 Å². The topological polar surface area (TPSA) is 149 Å². The van der Waals surface area contributed by atoms with Crippen molar-refractivity contribution in [2.75, 3.05) is 12.3 Å². The van der Waals surface area contributed by atoms with E-state index in [0.717, 1.165) is 5.56 Å². The van der Waals surface area contributed by atoms with Gasteiger partial charge in [-0.15, -0.1) is 0 Å². The molecule has 0 atom stereocenters. The van der Waals surface area contributed by atoms with E-state index < -0.39 is 4.92 Å². The zero-order valence-electron chi connectivity index (χ0n) is 15.7. The minimum absolute atomic E-state index is 0.0113. The molecule has 154 valence electrons. The number of urea groups is 1. The number of amides is 3. The number of rotatable bonds is 10. The molecule has 3 amide bonds. The van der Waals surface area contributed by atoms with Crippen LogP contribution in [-0.4, -0.2) is 23.4 Å². The van der Waals surface area contributed by atoms with Crippen molar-refractivity contribution in [2.45, 2.75) is 26.0 Å². The van der Waals surface area contributed by atoms with Crippen molar-refractivity contribution in [3.63, 3.8) is 0 Å². The summed E-state index contributed by atoms with van der Waals surface area (Å²) in [7, 11) is 0. The van der Waals surface area contributed by atoms with Gasteiger partial charge in [0.1, 0.15) is 0 Å². The average molecular weight is 401 g/mol. The van der Waals surface area contributed by atoms with Gasteiger partial charge in [0, 0.05) is 37.3 Å². The fourth-order valence-corrected chi connectivity index (χ4v) is 2.30. The zero-order valence-corrected chi connectivity index (χ0v) is 15.7. The molecule has 10 nitrogen and oxygen atoms in total. The Labute approximate surface area is 167 Å². The molecular formula is C19H23N5O5. The Kier molecular flexibility index (Phi) is 8.39. The van der Waals surface area contributed by atoms with Gasteiger partial charge in [-0.3, -0.25) is 19.7 Å². The maximum absolute atomic E-state index is 11.7. The molecule has 5 N–H and O–H groups in total. The molecule has 2 aromatic carbocycles. The van der Waals surface area contributed by atoms with Crippen LogP contribution in [0.2, 0.25) is 0 Å². The van der Waals surface area contributed by atoms with Crippen molar-refractivity contribution in [3.8, 4) is 0 Å². The van der Waals surface area contributed by atoms with Crippen LogP contribution in [0.3, 0.4) is 0 Å². The van der Waals surface area contributed by atoms with Gasteiger partial charge in [-0.05, 0) is 41.8 Å². The minimum atomic E-state index is -0.487. The summed E-state index contributed by atoms with van der Waals surface area (Å²) in [5, 5.41) is 16.0. The lowest BCUT2D eigenvalue weighted by molar-refractivity contribution is -0.384. The molecule has 0 aliphatic rings.